The molecule has 101 valence electrons. The zero-order valence-electron chi connectivity index (χ0n) is 10.9. The Balaban J connectivity index is 4.93. The standard InChI is InChI=1S/C12H23O5/c1-6-13-11(14-7-2)12(15-8-3,16-9-4)17-10-5/h8,11H,3-4,6-7,9-10H2,1-2,5H3. The molecule has 1 unspecified atom stereocenters. The molecule has 0 spiro atoms. The van der Waals surface area contributed by atoms with Crippen molar-refractivity contribution in [1.29, 1.82) is 0 Å². The first-order valence-electron chi connectivity index (χ1n) is 5.79. The highest BCUT2D eigenvalue weighted by atomic mass is 16.9. The summed E-state index contributed by atoms with van der Waals surface area (Å²) in [7, 11) is 0. The van der Waals surface area contributed by atoms with Gasteiger partial charge in [0.05, 0.1) is 19.5 Å². The van der Waals surface area contributed by atoms with E-state index in [0.717, 1.165) is 0 Å². The molecule has 0 aliphatic carbocycles. The second kappa shape index (κ2) is 9.41. The van der Waals surface area contributed by atoms with Crippen molar-refractivity contribution in [1.82, 2.24) is 0 Å². The number of hydrogen-bond acceptors (Lipinski definition) is 5. The van der Waals surface area contributed by atoms with E-state index in [4.69, 9.17) is 23.7 Å². The van der Waals surface area contributed by atoms with Crippen LogP contribution >= 0.6 is 0 Å². The van der Waals surface area contributed by atoms with Gasteiger partial charge in [-0.15, -0.1) is 0 Å². The van der Waals surface area contributed by atoms with Crippen LogP contribution in [0.1, 0.15) is 20.8 Å². The third-order valence-electron chi connectivity index (χ3n) is 1.82. The van der Waals surface area contributed by atoms with E-state index < -0.39 is 12.3 Å². The van der Waals surface area contributed by atoms with E-state index in [1.54, 1.807) is 0 Å². The van der Waals surface area contributed by atoms with Crippen molar-refractivity contribution in [3.8, 4) is 0 Å². The summed E-state index contributed by atoms with van der Waals surface area (Å²) in [5, 5.41) is 0. The minimum atomic E-state index is -1.45. The zero-order chi connectivity index (χ0) is 13.1. The summed E-state index contributed by atoms with van der Waals surface area (Å²) in [5.74, 6) is -1.45. The van der Waals surface area contributed by atoms with Crippen LogP contribution in [-0.4, -0.2) is 38.7 Å². The van der Waals surface area contributed by atoms with Gasteiger partial charge in [0, 0.05) is 13.2 Å². The molecule has 5 heteroatoms. The van der Waals surface area contributed by atoms with Gasteiger partial charge in [0.2, 0.25) is 0 Å². The molecule has 17 heavy (non-hydrogen) atoms. The smallest absolute Gasteiger partial charge is 0.381 e. The van der Waals surface area contributed by atoms with Crippen molar-refractivity contribution in [2.75, 3.05) is 26.4 Å². The molecule has 0 aromatic rings. The Morgan fingerprint density at radius 1 is 1.06 bits per heavy atom. The van der Waals surface area contributed by atoms with Crippen LogP contribution in [0, 0.1) is 6.92 Å². The van der Waals surface area contributed by atoms with Crippen molar-refractivity contribution < 1.29 is 23.7 Å². The highest BCUT2D eigenvalue weighted by Crippen LogP contribution is 2.24. The fraction of sp³-hybridized carbons (Fsp3) is 0.750. The third-order valence-corrected chi connectivity index (χ3v) is 1.82. The third kappa shape index (κ3) is 5.04. The van der Waals surface area contributed by atoms with Crippen LogP contribution in [0.3, 0.4) is 0 Å². The summed E-state index contributed by atoms with van der Waals surface area (Å²) in [6, 6.07) is 0. The number of ether oxygens (including phenoxy) is 5. The van der Waals surface area contributed by atoms with Crippen LogP contribution < -0.4 is 0 Å². The van der Waals surface area contributed by atoms with Gasteiger partial charge in [0.1, 0.15) is 0 Å². The molecule has 0 aliphatic rings. The molecule has 0 fully saturated rings. The van der Waals surface area contributed by atoms with E-state index in [0.29, 0.717) is 19.8 Å². The quantitative estimate of drug-likeness (QED) is 0.413. The van der Waals surface area contributed by atoms with Crippen LogP contribution in [0.25, 0.3) is 0 Å². The minimum Gasteiger partial charge on any atom is -0.444 e. The van der Waals surface area contributed by atoms with Crippen molar-refractivity contribution in [2.45, 2.75) is 33.0 Å². The lowest BCUT2D eigenvalue weighted by Crippen LogP contribution is -2.51. The fourth-order valence-electron chi connectivity index (χ4n) is 1.32. The molecule has 5 nitrogen and oxygen atoms in total. The Morgan fingerprint density at radius 3 is 2.00 bits per heavy atom. The highest BCUT2D eigenvalue weighted by molar-refractivity contribution is 4.69. The Hall–Kier alpha value is -0.620. The first-order chi connectivity index (χ1) is 8.20. The van der Waals surface area contributed by atoms with Gasteiger partial charge >= 0.3 is 5.97 Å². The first-order valence-corrected chi connectivity index (χ1v) is 5.79. The average Bonchev–Trinajstić information content (AvgIpc) is 2.29. The number of rotatable bonds is 11. The van der Waals surface area contributed by atoms with Crippen LogP contribution in [0.5, 0.6) is 0 Å². The van der Waals surface area contributed by atoms with Gasteiger partial charge in [-0.05, 0) is 27.7 Å². The molecule has 0 saturated carbocycles. The maximum atomic E-state index is 5.47. The van der Waals surface area contributed by atoms with Gasteiger partial charge < -0.3 is 23.7 Å². The van der Waals surface area contributed by atoms with Gasteiger partial charge in [-0.2, -0.15) is 0 Å². The van der Waals surface area contributed by atoms with Crippen LogP contribution in [0.15, 0.2) is 12.8 Å². The summed E-state index contributed by atoms with van der Waals surface area (Å²) in [6.45, 7) is 14.1. The van der Waals surface area contributed by atoms with E-state index in [9.17, 15) is 0 Å². The lowest BCUT2D eigenvalue weighted by molar-refractivity contribution is -0.438. The van der Waals surface area contributed by atoms with E-state index in [-0.39, 0.29) is 6.61 Å². The van der Waals surface area contributed by atoms with Gasteiger partial charge in [0.15, 0.2) is 0 Å². The minimum absolute atomic E-state index is 0.157. The topological polar surface area (TPSA) is 46.2 Å². The SMILES string of the molecule is [CH2]COC(OC=C)(OCC)C(OCC)OCC. The van der Waals surface area contributed by atoms with Crippen molar-refractivity contribution in [3.05, 3.63) is 19.8 Å². The Labute approximate surface area is 104 Å². The van der Waals surface area contributed by atoms with Crippen molar-refractivity contribution in [3.63, 3.8) is 0 Å². The molecule has 0 heterocycles. The predicted octanol–water partition coefficient (Wildman–Crippen LogP) is 2.09. The number of hydrogen-bond donors (Lipinski definition) is 0. The molecule has 0 aromatic carbocycles. The molecule has 0 bridgehead atoms. The molecule has 0 saturated heterocycles. The van der Waals surface area contributed by atoms with Crippen molar-refractivity contribution >= 4 is 0 Å². The van der Waals surface area contributed by atoms with Crippen molar-refractivity contribution in [2.24, 2.45) is 0 Å². The molecule has 0 aliphatic heterocycles. The Bertz CT molecular complexity index is 183. The molecule has 1 radical (unpaired) electrons. The maximum absolute atomic E-state index is 5.47. The Morgan fingerprint density at radius 2 is 1.65 bits per heavy atom. The molecule has 0 aromatic heterocycles. The summed E-state index contributed by atoms with van der Waals surface area (Å²) in [5.41, 5.74) is 0. The summed E-state index contributed by atoms with van der Waals surface area (Å²) < 4.78 is 27.0. The van der Waals surface area contributed by atoms with E-state index in [1.807, 2.05) is 20.8 Å². The maximum Gasteiger partial charge on any atom is 0.381 e. The normalized spacial score (nSPS) is 11.8. The van der Waals surface area contributed by atoms with Crippen LogP contribution in [0.4, 0.5) is 0 Å². The largest absolute Gasteiger partial charge is 0.444 e. The van der Waals surface area contributed by atoms with Gasteiger partial charge in [-0.1, -0.05) is 6.58 Å². The monoisotopic (exact) mass is 247 g/mol. The zero-order valence-corrected chi connectivity index (χ0v) is 10.9. The second-order valence-electron chi connectivity index (χ2n) is 2.91. The Kier molecular flexibility index (Phi) is 9.07. The van der Waals surface area contributed by atoms with E-state index in [1.165, 1.54) is 6.26 Å². The molecule has 0 N–H and O–H groups in total. The summed E-state index contributed by atoms with van der Waals surface area (Å²) >= 11 is 0. The molecule has 0 rings (SSSR count). The van der Waals surface area contributed by atoms with Gasteiger partial charge in [0.25, 0.3) is 6.29 Å². The van der Waals surface area contributed by atoms with Gasteiger partial charge in [-0.3, -0.25) is 0 Å². The average molecular weight is 247 g/mol. The molecule has 1 atom stereocenters. The highest BCUT2D eigenvalue weighted by Gasteiger charge is 2.45. The predicted molar refractivity (Wildman–Crippen MR) is 64.0 cm³/mol. The lowest BCUT2D eigenvalue weighted by atomic mass is 10.5. The first kappa shape index (κ1) is 16.4. The molecular formula is C12H23O5. The summed E-state index contributed by atoms with van der Waals surface area (Å²) in [4.78, 5) is 0. The molecular weight excluding hydrogens is 224 g/mol. The lowest BCUT2D eigenvalue weighted by Gasteiger charge is -2.36. The van der Waals surface area contributed by atoms with Crippen LogP contribution in [-0.2, 0) is 23.7 Å². The van der Waals surface area contributed by atoms with Gasteiger partial charge in [-0.25, -0.2) is 0 Å². The second-order valence-corrected chi connectivity index (χ2v) is 2.91. The summed E-state index contributed by atoms with van der Waals surface area (Å²) in [6.07, 6.45) is 0.438. The fourth-order valence-corrected chi connectivity index (χ4v) is 1.32. The molecule has 0 amide bonds. The van der Waals surface area contributed by atoms with E-state index in [2.05, 4.69) is 13.5 Å². The van der Waals surface area contributed by atoms with E-state index >= 15 is 0 Å². The van der Waals surface area contributed by atoms with Crippen LogP contribution in [0.2, 0.25) is 0 Å².